The third kappa shape index (κ3) is 1.71. The number of hydrogen-bond acceptors (Lipinski definition) is 1. The van der Waals surface area contributed by atoms with Gasteiger partial charge in [0.2, 0.25) is 0 Å². The summed E-state index contributed by atoms with van der Waals surface area (Å²) in [4.78, 5) is 10.6. The van der Waals surface area contributed by atoms with Gasteiger partial charge in [-0.25, -0.2) is 0 Å². The Bertz CT molecular complexity index is 220. The first kappa shape index (κ1) is 8.07. The van der Waals surface area contributed by atoms with Crippen molar-refractivity contribution in [3.8, 4) is 12.3 Å². The maximum atomic E-state index is 10.6. The first-order chi connectivity index (χ1) is 5.27. The van der Waals surface area contributed by atoms with Gasteiger partial charge in [0.25, 0.3) is 0 Å². The normalized spacial score (nSPS) is 30.4. The molecule has 1 rings (SSSR count). The molecule has 0 fully saturated rings. The molecule has 58 valence electrons. The van der Waals surface area contributed by atoms with E-state index in [9.17, 15) is 4.79 Å². The second-order valence-corrected chi connectivity index (χ2v) is 3.06. The molecule has 2 atom stereocenters. The number of allylic oxidation sites excluding steroid dienone is 2. The van der Waals surface area contributed by atoms with Gasteiger partial charge in [0, 0.05) is 11.8 Å². The molecule has 11 heavy (non-hydrogen) atoms. The summed E-state index contributed by atoms with van der Waals surface area (Å²) < 4.78 is 0. The van der Waals surface area contributed by atoms with Gasteiger partial charge in [-0.1, -0.05) is 11.6 Å². The van der Waals surface area contributed by atoms with Gasteiger partial charge < -0.3 is 4.79 Å². The molecule has 0 bridgehead atoms. The summed E-state index contributed by atoms with van der Waals surface area (Å²) in [6.45, 7) is 2.04. The van der Waals surface area contributed by atoms with E-state index in [1.165, 1.54) is 5.57 Å². The highest BCUT2D eigenvalue weighted by Crippen LogP contribution is 2.27. The third-order valence-electron chi connectivity index (χ3n) is 2.18. The number of carbonyl (C=O) groups excluding carboxylic acids is 1. The maximum Gasteiger partial charge on any atom is 0.124 e. The molecule has 0 aromatic rings. The summed E-state index contributed by atoms with van der Waals surface area (Å²) in [6, 6.07) is 0. The maximum absolute atomic E-state index is 10.6. The minimum Gasteiger partial charge on any atom is -0.303 e. The van der Waals surface area contributed by atoms with E-state index in [0.717, 1.165) is 19.1 Å². The van der Waals surface area contributed by atoms with Crippen molar-refractivity contribution in [3.05, 3.63) is 11.6 Å². The summed E-state index contributed by atoms with van der Waals surface area (Å²) in [7, 11) is 0. The number of rotatable bonds is 1. The number of carbonyl (C=O) groups is 1. The van der Waals surface area contributed by atoms with E-state index < -0.39 is 0 Å². The van der Waals surface area contributed by atoms with Crippen molar-refractivity contribution in [2.24, 2.45) is 11.8 Å². The molecule has 1 aliphatic carbocycles. The third-order valence-corrected chi connectivity index (χ3v) is 2.18. The summed E-state index contributed by atoms with van der Waals surface area (Å²) in [5, 5.41) is 0. The van der Waals surface area contributed by atoms with Crippen LogP contribution in [0.25, 0.3) is 0 Å². The van der Waals surface area contributed by atoms with Crippen molar-refractivity contribution in [2.45, 2.75) is 19.8 Å². The Labute approximate surface area is 67.5 Å². The molecular weight excluding hydrogens is 136 g/mol. The van der Waals surface area contributed by atoms with Crippen LogP contribution in [0.3, 0.4) is 0 Å². The predicted octanol–water partition coefficient (Wildman–Crippen LogP) is 1.79. The first-order valence-corrected chi connectivity index (χ1v) is 3.85. The van der Waals surface area contributed by atoms with Crippen LogP contribution < -0.4 is 0 Å². The molecule has 0 saturated heterocycles. The van der Waals surface area contributed by atoms with E-state index in [1.807, 2.05) is 6.92 Å². The molecule has 1 nitrogen and oxygen atoms in total. The fourth-order valence-electron chi connectivity index (χ4n) is 1.43. The Balaban J connectivity index is 2.71. The Morgan fingerprint density at radius 3 is 3.09 bits per heavy atom. The molecule has 1 heteroatoms. The summed E-state index contributed by atoms with van der Waals surface area (Å²) in [5.74, 6) is 2.85. The van der Waals surface area contributed by atoms with E-state index in [0.29, 0.717) is 0 Å². The molecule has 0 saturated carbocycles. The first-order valence-electron chi connectivity index (χ1n) is 3.85. The molecule has 0 heterocycles. The van der Waals surface area contributed by atoms with Crippen molar-refractivity contribution >= 4 is 6.29 Å². The SMILES string of the molecule is C#C[C@@H]1CC=C(C)C[C@@H]1C=O. The zero-order valence-corrected chi connectivity index (χ0v) is 6.71. The highest BCUT2D eigenvalue weighted by molar-refractivity contribution is 5.56. The topological polar surface area (TPSA) is 17.1 Å². The molecular formula is C10H12O. The average Bonchev–Trinajstić information content (AvgIpc) is 2.04. The van der Waals surface area contributed by atoms with Crippen LogP contribution in [0, 0.1) is 24.2 Å². The van der Waals surface area contributed by atoms with Crippen LogP contribution >= 0.6 is 0 Å². The number of hydrogen-bond donors (Lipinski definition) is 0. The van der Waals surface area contributed by atoms with Crippen LogP contribution in [0.15, 0.2) is 11.6 Å². The van der Waals surface area contributed by atoms with Crippen molar-refractivity contribution in [2.75, 3.05) is 0 Å². The lowest BCUT2D eigenvalue weighted by Crippen LogP contribution is -2.18. The predicted molar refractivity (Wildman–Crippen MR) is 44.9 cm³/mol. The fourth-order valence-corrected chi connectivity index (χ4v) is 1.43. The highest BCUT2D eigenvalue weighted by Gasteiger charge is 2.21. The molecule has 0 aromatic carbocycles. The highest BCUT2D eigenvalue weighted by atomic mass is 16.1. The van der Waals surface area contributed by atoms with Crippen LogP contribution in [0.4, 0.5) is 0 Å². The summed E-state index contributed by atoms with van der Waals surface area (Å²) in [6.07, 6.45) is 10.1. The second kappa shape index (κ2) is 3.39. The quantitative estimate of drug-likeness (QED) is 0.315. The molecule has 0 radical (unpaired) electrons. The minimum absolute atomic E-state index is 0.0602. The lowest BCUT2D eigenvalue weighted by atomic mass is 9.81. The van der Waals surface area contributed by atoms with Gasteiger partial charge in [0.1, 0.15) is 6.29 Å². The van der Waals surface area contributed by atoms with Gasteiger partial charge >= 0.3 is 0 Å². The van der Waals surface area contributed by atoms with Crippen LogP contribution in [0.2, 0.25) is 0 Å². The van der Waals surface area contributed by atoms with Crippen molar-refractivity contribution < 1.29 is 4.79 Å². The van der Waals surface area contributed by atoms with E-state index in [1.54, 1.807) is 0 Å². The fraction of sp³-hybridized carbons (Fsp3) is 0.500. The molecule has 0 unspecified atom stereocenters. The molecule has 0 N–H and O–H groups in total. The summed E-state index contributed by atoms with van der Waals surface area (Å²) >= 11 is 0. The Morgan fingerprint density at radius 2 is 2.55 bits per heavy atom. The van der Waals surface area contributed by atoms with Gasteiger partial charge in [-0.15, -0.1) is 12.3 Å². The van der Waals surface area contributed by atoms with Crippen LogP contribution in [0.1, 0.15) is 19.8 Å². The Morgan fingerprint density at radius 1 is 1.82 bits per heavy atom. The standard InChI is InChI=1S/C10H12O/c1-3-9-5-4-8(2)6-10(9)7-11/h1,4,7,9-10H,5-6H2,2H3/t9-,10-/m1/s1. The van der Waals surface area contributed by atoms with Crippen molar-refractivity contribution in [1.82, 2.24) is 0 Å². The molecule has 0 aliphatic heterocycles. The average molecular weight is 148 g/mol. The molecule has 0 spiro atoms. The van der Waals surface area contributed by atoms with Crippen LogP contribution in [0.5, 0.6) is 0 Å². The number of aldehydes is 1. The Hall–Kier alpha value is -1.03. The zero-order chi connectivity index (χ0) is 8.27. The van der Waals surface area contributed by atoms with E-state index in [2.05, 4.69) is 12.0 Å². The van der Waals surface area contributed by atoms with E-state index in [-0.39, 0.29) is 11.8 Å². The Kier molecular flexibility index (Phi) is 2.48. The van der Waals surface area contributed by atoms with Crippen LogP contribution in [-0.2, 0) is 4.79 Å². The zero-order valence-electron chi connectivity index (χ0n) is 6.71. The monoisotopic (exact) mass is 148 g/mol. The van der Waals surface area contributed by atoms with Crippen molar-refractivity contribution in [1.29, 1.82) is 0 Å². The van der Waals surface area contributed by atoms with E-state index in [4.69, 9.17) is 6.42 Å². The molecule has 0 aromatic heterocycles. The smallest absolute Gasteiger partial charge is 0.124 e. The van der Waals surface area contributed by atoms with Gasteiger partial charge in [-0.3, -0.25) is 0 Å². The van der Waals surface area contributed by atoms with Crippen molar-refractivity contribution in [3.63, 3.8) is 0 Å². The molecule has 0 amide bonds. The molecule has 1 aliphatic rings. The van der Waals surface area contributed by atoms with E-state index >= 15 is 0 Å². The van der Waals surface area contributed by atoms with Gasteiger partial charge in [0.05, 0.1) is 0 Å². The second-order valence-electron chi connectivity index (χ2n) is 3.06. The van der Waals surface area contributed by atoms with Gasteiger partial charge in [-0.05, 0) is 19.8 Å². The lowest BCUT2D eigenvalue weighted by molar-refractivity contribution is -0.112. The largest absolute Gasteiger partial charge is 0.303 e. The van der Waals surface area contributed by atoms with Crippen LogP contribution in [-0.4, -0.2) is 6.29 Å². The minimum atomic E-state index is 0.0602. The lowest BCUT2D eigenvalue weighted by Gasteiger charge is -2.21. The number of terminal acetylenes is 1. The van der Waals surface area contributed by atoms with Gasteiger partial charge in [0.15, 0.2) is 0 Å². The van der Waals surface area contributed by atoms with Gasteiger partial charge in [-0.2, -0.15) is 0 Å². The summed E-state index contributed by atoms with van der Waals surface area (Å²) in [5.41, 5.74) is 1.29.